The van der Waals surface area contributed by atoms with Crippen LogP contribution in [0.15, 0.2) is 42.6 Å². The van der Waals surface area contributed by atoms with Crippen LogP contribution in [0.4, 0.5) is 17.1 Å². The largest absolute Gasteiger partial charge is 0.372 e. The van der Waals surface area contributed by atoms with Gasteiger partial charge in [0.25, 0.3) is 5.91 Å². The van der Waals surface area contributed by atoms with E-state index in [-0.39, 0.29) is 5.91 Å². The number of pyridine rings is 1. The molecule has 4 rings (SSSR count). The molecule has 0 saturated carbocycles. The summed E-state index contributed by atoms with van der Waals surface area (Å²) in [7, 11) is 0. The van der Waals surface area contributed by atoms with Gasteiger partial charge in [0.05, 0.1) is 11.9 Å². The summed E-state index contributed by atoms with van der Waals surface area (Å²) in [4.78, 5) is 33.9. The number of amides is 2. The van der Waals surface area contributed by atoms with Crippen LogP contribution in [0.2, 0.25) is 0 Å². The first-order valence-corrected chi connectivity index (χ1v) is 9.80. The van der Waals surface area contributed by atoms with Crippen LogP contribution in [0.3, 0.4) is 0 Å². The molecule has 0 bridgehead atoms. The second-order valence-electron chi connectivity index (χ2n) is 7.23. The van der Waals surface area contributed by atoms with Crippen molar-refractivity contribution in [1.82, 2.24) is 9.88 Å². The fourth-order valence-electron chi connectivity index (χ4n) is 3.72. The number of carbonyl (C=O) groups excluding carboxylic acids is 2. The Morgan fingerprint density at radius 1 is 0.857 bits per heavy atom. The van der Waals surface area contributed by atoms with Gasteiger partial charge in [-0.15, -0.1) is 0 Å². The molecular weight excluding hydrogens is 354 g/mol. The molecule has 2 saturated heterocycles. The number of benzene rings is 1. The highest BCUT2D eigenvalue weighted by molar-refractivity contribution is 6.03. The third-order valence-electron chi connectivity index (χ3n) is 5.41. The van der Waals surface area contributed by atoms with Crippen molar-refractivity contribution in [2.45, 2.75) is 12.8 Å². The average Bonchev–Trinajstić information content (AvgIpc) is 3.29. The zero-order valence-corrected chi connectivity index (χ0v) is 15.9. The summed E-state index contributed by atoms with van der Waals surface area (Å²) >= 11 is 0. The second-order valence-corrected chi connectivity index (χ2v) is 7.23. The molecule has 3 heterocycles. The van der Waals surface area contributed by atoms with Crippen molar-refractivity contribution in [2.75, 3.05) is 54.4 Å². The highest BCUT2D eigenvalue weighted by Crippen LogP contribution is 2.22. The van der Waals surface area contributed by atoms with Crippen molar-refractivity contribution in [3.63, 3.8) is 0 Å². The van der Waals surface area contributed by atoms with Gasteiger partial charge >= 0.3 is 0 Å². The molecule has 7 heteroatoms. The van der Waals surface area contributed by atoms with E-state index in [0.717, 1.165) is 44.0 Å². The van der Waals surface area contributed by atoms with E-state index in [4.69, 9.17) is 0 Å². The van der Waals surface area contributed by atoms with Gasteiger partial charge in [0, 0.05) is 50.6 Å². The number of anilines is 3. The molecule has 0 aliphatic carbocycles. The van der Waals surface area contributed by atoms with E-state index >= 15 is 0 Å². The maximum Gasteiger partial charge on any atom is 0.274 e. The molecule has 2 fully saturated rings. The molecule has 7 nitrogen and oxygen atoms in total. The van der Waals surface area contributed by atoms with E-state index in [1.807, 2.05) is 18.2 Å². The Labute approximate surface area is 164 Å². The van der Waals surface area contributed by atoms with Crippen LogP contribution in [0.1, 0.15) is 23.3 Å². The summed E-state index contributed by atoms with van der Waals surface area (Å²) in [6.45, 7) is 5.17. The van der Waals surface area contributed by atoms with Crippen molar-refractivity contribution in [3.8, 4) is 0 Å². The van der Waals surface area contributed by atoms with Crippen LogP contribution in [-0.4, -0.2) is 61.5 Å². The van der Waals surface area contributed by atoms with Crippen molar-refractivity contribution in [3.05, 3.63) is 48.3 Å². The molecule has 1 N–H and O–H groups in total. The number of nitrogens with zero attached hydrogens (tertiary/aromatic N) is 4. The minimum Gasteiger partial charge on any atom is -0.372 e. The van der Waals surface area contributed by atoms with E-state index in [2.05, 4.69) is 32.2 Å². The summed E-state index contributed by atoms with van der Waals surface area (Å²) in [5.74, 6) is -0.216. The Morgan fingerprint density at radius 3 is 2.11 bits per heavy atom. The minimum atomic E-state index is -0.216. The third kappa shape index (κ3) is 4.08. The van der Waals surface area contributed by atoms with E-state index in [0.29, 0.717) is 18.8 Å². The molecule has 28 heavy (non-hydrogen) atoms. The van der Waals surface area contributed by atoms with E-state index in [1.165, 1.54) is 18.5 Å². The topological polar surface area (TPSA) is 68.8 Å². The predicted octanol–water partition coefficient (Wildman–Crippen LogP) is 2.21. The molecule has 2 aliphatic heterocycles. The lowest BCUT2D eigenvalue weighted by Crippen LogP contribution is -2.45. The number of aromatic nitrogens is 1. The number of carbonyl (C=O) groups is 2. The van der Waals surface area contributed by atoms with Crippen molar-refractivity contribution in [1.29, 1.82) is 0 Å². The summed E-state index contributed by atoms with van der Waals surface area (Å²) in [5.41, 5.74) is 3.33. The Balaban J connectivity index is 1.35. The molecule has 2 aliphatic rings. The number of hydrogen-bond acceptors (Lipinski definition) is 5. The van der Waals surface area contributed by atoms with Gasteiger partial charge in [0.1, 0.15) is 5.69 Å². The van der Waals surface area contributed by atoms with Gasteiger partial charge in [0.15, 0.2) is 0 Å². The number of piperazine rings is 1. The first-order valence-electron chi connectivity index (χ1n) is 9.80. The van der Waals surface area contributed by atoms with Gasteiger partial charge in [-0.05, 0) is 49.2 Å². The normalized spacial score (nSPS) is 16.9. The van der Waals surface area contributed by atoms with Crippen LogP contribution in [0.5, 0.6) is 0 Å². The highest BCUT2D eigenvalue weighted by atomic mass is 16.2. The van der Waals surface area contributed by atoms with Gasteiger partial charge in [0.2, 0.25) is 6.41 Å². The molecule has 0 spiro atoms. The SMILES string of the molecule is O=CN1CCN(c2ccc(C(=O)Nc3ccc(N4CCCC4)cc3)nc2)CC1. The first kappa shape index (κ1) is 18.3. The minimum absolute atomic E-state index is 0.216. The fourth-order valence-corrected chi connectivity index (χ4v) is 3.72. The Hall–Kier alpha value is -3.09. The summed E-state index contributed by atoms with van der Waals surface area (Å²) in [6, 6.07) is 11.6. The summed E-state index contributed by atoms with van der Waals surface area (Å²) in [5, 5.41) is 2.91. The van der Waals surface area contributed by atoms with E-state index in [1.54, 1.807) is 17.2 Å². The number of hydrogen-bond donors (Lipinski definition) is 1. The number of rotatable bonds is 5. The van der Waals surface area contributed by atoms with Gasteiger partial charge < -0.3 is 20.0 Å². The quantitative estimate of drug-likeness (QED) is 0.807. The van der Waals surface area contributed by atoms with Gasteiger partial charge in [-0.25, -0.2) is 4.98 Å². The Bertz CT molecular complexity index is 808. The summed E-state index contributed by atoms with van der Waals surface area (Å²) < 4.78 is 0. The smallest absolute Gasteiger partial charge is 0.274 e. The van der Waals surface area contributed by atoms with E-state index < -0.39 is 0 Å². The van der Waals surface area contributed by atoms with Crippen molar-refractivity contribution < 1.29 is 9.59 Å². The lowest BCUT2D eigenvalue weighted by molar-refractivity contribution is -0.118. The molecule has 0 atom stereocenters. The van der Waals surface area contributed by atoms with Crippen LogP contribution < -0.4 is 15.1 Å². The number of nitrogens with one attached hydrogen (secondary N) is 1. The molecule has 146 valence electrons. The Morgan fingerprint density at radius 2 is 1.50 bits per heavy atom. The van der Waals surface area contributed by atoms with Crippen LogP contribution in [-0.2, 0) is 4.79 Å². The molecule has 2 amide bonds. The average molecular weight is 379 g/mol. The zero-order chi connectivity index (χ0) is 19.3. The van der Waals surface area contributed by atoms with Gasteiger partial charge in [-0.3, -0.25) is 9.59 Å². The Kier molecular flexibility index (Phi) is 5.41. The zero-order valence-electron chi connectivity index (χ0n) is 15.9. The summed E-state index contributed by atoms with van der Waals surface area (Å²) in [6.07, 6.45) is 5.10. The molecule has 0 radical (unpaired) electrons. The predicted molar refractivity (Wildman–Crippen MR) is 110 cm³/mol. The molecular formula is C21H25N5O2. The van der Waals surface area contributed by atoms with Crippen LogP contribution in [0, 0.1) is 0 Å². The standard InChI is InChI=1S/C21H25N5O2/c27-16-24-11-13-26(14-12-24)19-7-8-20(22-15-19)21(28)23-17-3-5-18(6-4-17)25-9-1-2-10-25/h3-8,15-16H,1-2,9-14H2,(H,23,28). The van der Waals surface area contributed by atoms with Crippen LogP contribution >= 0.6 is 0 Å². The molecule has 0 unspecified atom stereocenters. The second kappa shape index (κ2) is 8.29. The molecule has 1 aromatic carbocycles. The van der Waals surface area contributed by atoms with E-state index in [9.17, 15) is 9.59 Å². The van der Waals surface area contributed by atoms with Crippen LogP contribution in [0.25, 0.3) is 0 Å². The molecule has 2 aromatic rings. The van der Waals surface area contributed by atoms with Crippen molar-refractivity contribution >= 4 is 29.4 Å². The lowest BCUT2D eigenvalue weighted by atomic mass is 10.2. The maximum atomic E-state index is 12.5. The highest BCUT2D eigenvalue weighted by Gasteiger charge is 2.17. The first-order chi connectivity index (χ1) is 13.7. The monoisotopic (exact) mass is 379 g/mol. The lowest BCUT2D eigenvalue weighted by Gasteiger charge is -2.33. The fraction of sp³-hybridized carbons (Fsp3) is 0.381. The van der Waals surface area contributed by atoms with Crippen molar-refractivity contribution in [2.24, 2.45) is 0 Å². The van der Waals surface area contributed by atoms with Gasteiger partial charge in [-0.1, -0.05) is 0 Å². The maximum absolute atomic E-state index is 12.5. The third-order valence-corrected chi connectivity index (χ3v) is 5.41. The molecule has 1 aromatic heterocycles. The van der Waals surface area contributed by atoms with Gasteiger partial charge in [-0.2, -0.15) is 0 Å².